The molecular weight excluding hydrogens is 310 g/mol. The summed E-state index contributed by atoms with van der Waals surface area (Å²) >= 11 is 0. The van der Waals surface area contributed by atoms with Gasteiger partial charge in [0, 0.05) is 22.5 Å². The Kier molecular flexibility index (Phi) is 4.19. The second-order valence-electron chi connectivity index (χ2n) is 6.77. The highest BCUT2D eigenvalue weighted by atomic mass is 16.5. The van der Waals surface area contributed by atoms with Gasteiger partial charge in [0.25, 0.3) is 0 Å². The maximum atomic E-state index is 11.8. The molecule has 2 N–H and O–H groups in total. The van der Waals surface area contributed by atoms with Crippen LogP contribution in [0.4, 0.5) is 0 Å². The van der Waals surface area contributed by atoms with Gasteiger partial charge >= 0.3 is 5.76 Å². The first kappa shape index (κ1) is 16.3. The molecule has 2 aromatic heterocycles. The van der Waals surface area contributed by atoms with E-state index >= 15 is 0 Å². The number of nitrogens with one attached hydrogen (secondary N) is 1. The highest BCUT2D eigenvalue weighted by molar-refractivity contribution is 5.85. The van der Waals surface area contributed by atoms with Gasteiger partial charge in [-0.05, 0) is 18.2 Å². The third kappa shape index (κ3) is 3.35. The number of nitrogens with zero attached hydrogens (tertiary/aromatic N) is 2. The number of hydrogen-bond acceptors (Lipinski definition) is 5. The van der Waals surface area contributed by atoms with Crippen molar-refractivity contribution in [1.82, 2.24) is 14.8 Å². The maximum absolute atomic E-state index is 11.8. The van der Waals surface area contributed by atoms with Crippen molar-refractivity contribution >= 4 is 10.9 Å². The quantitative estimate of drug-likeness (QED) is 0.746. The lowest BCUT2D eigenvalue weighted by Crippen LogP contribution is -2.29. The Balaban J connectivity index is 1.66. The lowest BCUT2D eigenvalue weighted by molar-refractivity contribution is 0.0882. The second-order valence-corrected chi connectivity index (χ2v) is 6.77. The minimum atomic E-state index is -0.880. The molecule has 0 fully saturated rings. The summed E-state index contributed by atoms with van der Waals surface area (Å²) in [7, 11) is 0. The fourth-order valence-electron chi connectivity index (χ4n) is 2.35. The Labute approximate surface area is 138 Å². The Morgan fingerprint density at radius 3 is 2.88 bits per heavy atom. The first-order valence-electron chi connectivity index (χ1n) is 7.80. The summed E-state index contributed by atoms with van der Waals surface area (Å²) in [6.07, 6.45) is 0.950. The largest absolute Gasteiger partial charge is 0.490 e. The molecule has 7 nitrogen and oxygen atoms in total. The number of ether oxygens (including phenoxy) is 1. The summed E-state index contributed by atoms with van der Waals surface area (Å²) in [5, 5.41) is 15.2. The van der Waals surface area contributed by atoms with E-state index in [0.29, 0.717) is 11.6 Å². The minimum absolute atomic E-state index is 0.0154. The van der Waals surface area contributed by atoms with Crippen molar-refractivity contribution in [3.8, 4) is 5.75 Å². The SMILES string of the molecule is CC(C)(C)c1nn(CC(O)COc2cccc3[nH]ccc23)c(=O)o1. The number of aliphatic hydroxyl groups excluding tert-OH is 1. The van der Waals surface area contributed by atoms with Crippen LogP contribution in [-0.2, 0) is 12.0 Å². The van der Waals surface area contributed by atoms with E-state index in [9.17, 15) is 9.90 Å². The number of aliphatic hydroxyl groups is 1. The molecule has 24 heavy (non-hydrogen) atoms. The molecule has 0 bridgehead atoms. The van der Waals surface area contributed by atoms with E-state index in [1.165, 1.54) is 0 Å². The van der Waals surface area contributed by atoms with Crippen LogP contribution in [0.2, 0.25) is 0 Å². The van der Waals surface area contributed by atoms with E-state index in [2.05, 4.69) is 10.1 Å². The Hall–Kier alpha value is -2.54. The first-order chi connectivity index (χ1) is 11.3. The summed E-state index contributed by atoms with van der Waals surface area (Å²) < 4.78 is 11.9. The number of hydrogen-bond donors (Lipinski definition) is 2. The Bertz CT molecular complexity index is 885. The number of H-pyrrole nitrogens is 1. The van der Waals surface area contributed by atoms with Gasteiger partial charge in [0.2, 0.25) is 5.89 Å². The summed E-state index contributed by atoms with van der Waals surface area (Å²) in [6.45, 7) is 5.77. The van der Waals surface area contributed by atoms with E-state index in [-0.39, 0.29) is 18.6 Å². The zero-order valence-electron chi connectivity index (χ0n) is 13.9. The molecule has 128 valence electrons. The van der Waals surface area contributed by atoms with Crippen molar-refractivity contribution < 1.29 is 14.3 Å². The van der Waals surface area contributed by atoms with Crippen LogP contribution < -0.4 is 10.5 Å². The van der Waals surface area contributed by atoms with Crippen molar-refractivity contribution in [2.75, 3.05) is 6.61 Å². The zero-order valence-corrected chi connectivity index (χ0v) is 13.9. The topological polar surface area (TPSA) is 93.3 Å². The minimum Gasteiger partial charge on any atom is -0.490 e. The molecule has 1 atom stereocenters. The van der Waals surface area contributed by atoms with E-state index in [1.807, 2.05) is 51.2 Å². The molecule has 3 aromatic rings. The van der Waals surface area contributed by atoms with Gasteiger partial charge in [-0.25, -0.2) is 4.79 Å². The van der Waals surface area contributed by atoms with Crippen LogP contribution >= 0.6 is 0 Å². The van der Waals surface area contributed by atoms with E-state index < -0.39 is 11.9 Å². The molecule has 0 aliphatic heterocycles. The van der Waals surface area contributed by atoms with Gasteiger partial charge in [0.15, 0.2) is 0 Å². The molecule has 0 spiro atoms. The molecule has 1 unspecified atom stereocenters. The van der Waals surface area contributed by atoms with Crippen LogP contribution in [0, 0.1) is 0 Å². The van der Waals surface area contributed by atoms with Crippen LogP contribution in [0.25, 0.3) is 10.9 Å². The number of aromatic amines is 1. The highest BCUT2D eigenvalue weighted by Crippen LogP contribution is 2.24. The maximum Gasteiger partial charge on any atom is 0.437 e. The van der Waals surface area contributed by atoms with Crippen molar-refractivity contribution in [2.45, 2.75) is 38.8 Å². The van der Waals surface area contributed by atoms with E-state index in [4.69, 9.17) is 9.15 Å². The van der Waals surface area contributed by atoms with Gasteiger partial charge in [0.05, 0.1) is 6.54 Å². The molecule has 0 aliphatic rings. The van der Waals surface area contributed by atoms with Gasteiger partial charge in [0.1, 0.15) is 18.5 Å². The van der Waals surface area contributed by atoms with Crippen molar-refractivity contribution in [2.24, 2.45) is 0 Å². The molecule has 0 saturated heterocycles. The van der Waals surface area contributed by atoms with E-state index in [1.54, 1.807) is 0 Å². The molecule has 1 aromatic carbocycles. The molecule has 0 amide bonds. The Morgan fingerprint density at radius 2 is 2.17 bits per heavy atom. The fourth-order valence-corrected chi connectivity index (χ4v) is 2.35. The summed E-state index contributed by atoms with van der Waals surface area (Å²) in [6, 6.07) is 7.57. The average Bonchev–Trinajstić information content (AvgIpc) is 3.12. The smallest absolute Gasteiger partial charge is 0.437 e. The number of rotatable bonds is 5. The molecule has 7 heteroatoms. The lowest BCUT2D eigenvalue weighted by atomic mass is 9.97. The molecule has 2 heterocycles. The standard InChI is InChI=1S/C17H21N3O4/c1-17(2,3)15-19-20(16(22)24-15)9-11(21)10-23-14-6-4-5-13-12(14)7-8-18-13/h4-8,11,18,21H,9-10H2,1-3H3. The normalized spacial score (nSPS) is 13.3. The predicted octanol–water partition coefficient (Wildman–Crippen LogP) is 2.05. The van der Waals surface area contributed by atoms with Gasteiger partial charge in [-0.1, -0.05) is 26.8 Å². The summed E-state index contributed by atoms with van der Waals surface area (Å²) in [4.78, 5) is 14.9. The molecule has 0 aliphatic carbocycles. The average molecular weight is 331 g/mol. The highest BCUT2D eigenvalue weighted by Gasteiger charge is 2.23. The van der Waals surface area contributed by atoms with Crippen molar-refractivity contribution in [3.05, 3.63) is 46.9 Å². The number of fused-ring (bicyclic) bond motifs is 1. The second kappa shape index (κ2) is 6.16. The van der Waals surface area contributed by atoms with Gasteiger partial charge in [-0.15, -0.1) is 5.10 Å². The van der Waals surface area contributed by atoms with E-state index in [0.717, 1.165) is 15.6 Å². The monoisotopic (exact) mass is 331 g/mol. The number of benzene rings is 1. The molecule has 0 radical (unpaired) electrons. The molecular formula is C17H21N3O4. The molecule has 0 saturated carbocycles. The zero-order chi connectivity index (χ0) is 17.3. The summed E-state index contributed by atoms with van der Waals surface area (Å²) in [5.74, 6) is 0.445. The third-order valence-corrected chi connectivity index (χ3v) is 3.62. The van der Waals surface area contributed by atoms with Crippen LogP contribution in [0.15, 0.2) is 39.7 Å². The first-order valence-corrected chi connectivity index (χ1v) is 7.80. The number of aromatic nitrogens is 3. The van der Waals surface area contributed by atoms with Crippen LogP contribution in [0.5, 0.6) is 5.75 Å². The van der Waals surface area contributed by atoms with Crippen LogP contribution in [0.1, 0.15) is 26.7 Å². The van der Waals surface area contributed by atoms with Gasteiger partial charge in [-0.3, -0.25) is 0 Å². The van der Waals surface area contributed by atoms with Crippen LogP contribution in [-0.4, -0.2) is 32.6 Å². The van der Waals surface area contributed by atoms with Gasteiger partial charge in [-0.2, -0.15) is 4.68 Å². The fraction of sp³-hybridized carbons (Fsp3) is 0.412. The molecule has 3 rings (SSSR count). The summed E-state index contributed by atoms with van der Waals surface area (Å²) in [5.41, 5.74) is 0.597. The van der Waals surface area contributed by atoms with Crippen molar-refractivity contribution in [1.29, 1.82) is 0 Å². The van der Waals surface area contributed by atoms with Gasteiger partial charge < -0.3 is 19.2 Å². The van der Waals surface area contributed by atoms with Crippen molar-refractivity contribution in [3.63, 3.8) is 0 Å². The third-order valence-electron chi connectivity index (χ3n) is 3.62. The van der Waals surface area contributed by atoms with Crippen LogP contribution in [0.3, 0.4) is 0 Å². The Morgan fingerprint density at radius 1 is 1.38 bits per heavy atom. The lowest BCUT2D eigenvalue weighted by Gasteiger charge is -2.13. The predicted molar refractivity (Wildman–Crippen MR) is 89.3 cm³/mol.